The molecule has 0 spiro atoms. The van der Waals surface area contributed by atoms with E-state index < -0.39 is 5.91 Å². The quantitative estimate of drug-likeness (QED) is 0.379. The van der Waals surface area contributed by atoms with Crippen molar-refractivity contribution in [2.45, 2.75) is 13.8 Å². The molecule has 2 heterocycles. The maximum atomic E-state index is 11.5. The van der Waals surface area contributed by atoms with Gasteiger partial charge in [-0.3, -0.25) is 9.59 Å². The van der Waals surface area contributed by atoms with E-state index in [0.717, 1.165) is 33.1 Å². The number of thiazole rings is 1. The third kappa shape index (κ3) is 4.46. The number of H-pyrrole nitrogens is 1. The summed E-state index contributed by atoms with van der Waals surface area (Å²) in [5, 5.41) is 5.04. The van der Waals surface area contributed by atoms with Gasteiger partial charge in [0, 0.05) is 34.6 Å². The monoisotopic (exact) mass is 368 g/mol. The van der Waals surface area contributed by atoms with E-state index in [-0.39, 0.29) is 5.57 Å². The fourth-order valence-electron chi connectivity index (χ4n) is 2.31. The number of aromatic amines is 1. The summed E-state index contributed by atoms with van der Waals surface area (Å²) in [7, 11) is 0. The lowest BCUT2D eigenvalue weighted by Crippen LogP contribution is -2.15. The smallest absolute Gasteiger partial charge is 0.250 e. The van der Waals surface area contributed by atoms with E-state index in [0.29, 0.717) is 6.41 Å². The third-order valence-electron chi connectivity index (χ3n) is 3.61. The zero-order chi connectivity index (χ0) is 19.1. The van der Waals surface area contributed by atoms with E-state index in [4.69, 9.17) is 5.73 Å². The van der Waals surface area contributed by atoms with Gasteiger partial charge in [0.25, 0.3) is 0 Å². The van der Waals surface area contributed by atoms with Crippen LogP contribution in [0.4, 0.5) is 0 Å². The summed E-state index contributed by atoms with van der Waals surface area (Å²) in [5.41, 5.74) is 10.2. The van der Waals surface area contributed by atoms with Crippen LogP contribution in [0.5, 0.6) is 0 Å². The molecule has 0 unspecified atom stereocenters. The molecule has 0 bridgehead atoms. The van der Waals surface area contributed by atoms with Crippen LogP contribution in [0.2, 0.25) is 0 Å². The van der Waals surface area contributed by atoms with Crippen molar-refractivity contribution in [1.82, 2.24) is 15.3 Å². The molecule has 0 atom stereocenters. The lowest BCUT2D eigenvalue weighted by Gasteiger charge is -2.00. The van der Waals surface area contributed by atoms with Crippen LogP contribution in [0.25, 0.3) is 22.9 Å². The maximum absolute atomic E-state index is 11.5. The molecule has 2 amide bonds. The number of primary amides is 1. The highest BCUT2D eigenvalue weighted by atomic mass is 32.1. The number of carbonyl (C=O) groups excluding carboxylic acids is 2. The third-order valence-corrected chi connectivity index (χ3v) is 4.58. The van der Waals surface area contributed by atoms with E-state index in [1.54, 1.807) is 12.2 Å². The Labute approximate surface area is 155 Å². The highest BCUT2D eigenvalue weighted by Crippen LogP contribution is 2.31. The highest BCUT2D eigenvalue weighted by molar-refractivity contribution is 7.11. The number of hydrogen-bond acceptors (Lipinski definition) is 4. The Balaban J connectivity index is 2.37. The van der Waals surface area contributed by atoms with Gasteiger partial charge >= 0.3 is 0 Å². The van der Waals surface area contributed by atoms with Gasteiger partial charge in [0.15, 0.2) is 0 Å². The number of aryl methyl sites for hydroxylation is 1. The average molecular weight is 368 g/mol. The van der Waals surface area contributed by atoms with Gasteiger partial charge in [-0.1, -0.05) is 24.8 Å². The molecule has 0 saturated heterocycles. The summed E-state index contributed by atoms with van der Waals surface area (Å²) in [6.07, 6.45) is 10.8. The Hall–Kier alpha value is -3.19. The van der Waals surface area contributed by atoms with Gasteiger partial charge in [-0.05, 0) is 25.5 Å². The Bertz CT molecular complexity index is 916. The number of nitrogens with two attached hydrogens (primary N) is 1. The molecule has 7 heteroatoms. The molecular weight excluding hydrogens is 348 g/mol. The summed E-state index contributed by atoms with van der Waals surface area (Å²) in [6, 6.07) is 0. The van der Waals surface area contributed by atoms with Crippen LogP contribution in [-0.4, -0.2) is 22.3 Å². The topological polar surface area (TPSA) is 101 Å². The van der Waals surface area contributed by atoms with Crippen LogP contribution in [0.1, 0.15) is 23.2 Å². The van der Waals surface area contributed by atoms with Gasteiger partial charge in [-0.15, -0.1) is 11.3 Å². The minimum atomic E-state index is -0.631. The molecule has 4 N–H and O–H groups in total. The predicted octanol–water partition coefficient (Wildman–Crippen LogP) is 3.16. The normalized spacial score (nSPS) is 12.4. The second-order valence-corrected chi connectivity index (χ2v) is 6.31. The van der Waals surface area contributed by atoms with Crippen molar-refractivity contribution in [2.24, 2.45) is 5.73 Å². The molecule has 0 saturated carbocycles. The van der Waals surface area contributed by atoms with Crippen LogP contribution in [0.3, 0.4) is 0 Å². The Kier molecular flexibility index (Phi) is 6.46. The van der Waals surface area contributed by atoms with Gasteiger partial charge in [0.2, 0.25) is 12.3 Å². The van der Waals surface area contributed by atoms with Crippen LogP contribution in [0.15, 0.2) is 48.2 Å². The van der Waals surface area contributed by atoms with Crippen molar-refractivity contribution in [3.63, 3.8) is 0 Å². The van der Waals surface area contributed by atoms with Gasteiger partial charge in [0.05, 0.1) is 11.3 Å². The van der Waals surface area contributed by atoms with E-state index in [9.17, 15) is 9.59 Å². The minimum absolute atomic E-state index is 0.193. The fraction of sp³-hybridized carbons (Fsp3) is 0.105. The van der Waals surface area contributed by atoms with Crippen molar-refractivity contribution < 1.29 is 9.59 Å². The average Bonchev–Trinajstić information content (AvgIpc) is 3.23. The molecule has 0 aliphatic heterocycles. The van der Waals surface area contributed by atoms with Gasteiger partial charge in [-0.25, -0.2) is 4.98 Å². The first-order chi connectivity index (χ1) is 12.5. The van der Waals surface area contributed by atoms with Crippen LogP contribution >= 0.6 is 11.3 Å². The SMILES string of the molecule is C=C/C=C\c1c(-c2csc(/C(C)=C/C(=C\NC=O)C(N)=O)n2)c[nH]c1C. The van der Waals surface area contributed by atoms with Crippen LogP contribution in [0, 0.1) is 6.92 Å². The molecule has 0 aromatic carbocycles. The maximum Gasteiger partial charge on any atom is 0.250 e. The molecule has 0 aliphatic rings. The van der Waals surface area contributed by atoms with E-state index >= 15 is 0 Å². The summed E-state index contributed by atoms with van der Waals surface area (Å²) in [5.74, 6) is -0.631. The van der Waals surface area contributed by atoms with E-state index in [1.165, 1.54) is 17.5 Å². The number of nitrogens with zero attached hydrogens (tertiary/aromatic N) is 1. The standard InChI is InChI=1S/C19H20N4O2S/c1-4-5-6-15-13(3)22-9-16(15)17-10-26-19(23-17)12(2)7-14(18(20)25)8-21-11-24/h4-11,22H,1H2,2-3H3,(H2,20,25)(H,21,24)/b6-5-,12-7+,14-8+. The number of carbonyl (C=O) groups is 2. The lowest BCUT2D eigenvalue weighted by molar-refractivity contribution is -0.114. The highest BCUT2D eigenvalue weighted by Gasteiger charge is 2.13. The number of aromatic nitrogens is 2. The van der Waals surface area contributed by atoms with Crippen molar-refractivity contribution in [3.05, 3.63) is 64.4 Å². The first-order valence-corrected chi connectivity index (χ1v) is 8.67. The Morgan fingerprint density at radius 3 is 2.88 bits per heavy atom. The zero-order valence-corrected chi connectivity index (χ0v) is 15.4. The molecule has 0 aliphatic carbocycles. The van der Waals surface area contributed by atoms with Crippen molar-refractivity contribution in [1.29, 1.82) is 0 Å². The molecule has 2 rings (SSSR count). The first-order valence-electron chi connectivity index (χ1n) is 7.79. The summed E-state index contributed by atoms with van der Waals surface area (Å²) in [6.45, 7) is 7.52. The molecule has 134 valence electrons. The molecular formula is C19H20N4O2S. The minimum Gasteiger partial charge on any atom is -0.366 e. The largest absolute Gasteiger partial charge is 0.366 e. The lowest BCUT2D eigenvalue weighted by atomic mass is 10.1. The molecule has 6 nitrogen and oxygen atoms in total. The summed E-state index contributed by atoms with van der Waals surface area (Å²) < 4.78 is 0. The van der Waals surface area contributed by atoms with Gasteiger partial charge in [-0.2, -0.15) is 0 Å². The molecule has 2 aromatic heterocycles. The number of amides is 2. The zero-order valence-electron chi connectivity index (χ0n) is 14.6. The number of nitrogens with one attached hydrogen (secondary N) is 2. The van der Waals surface area contributed by atoms with Crippen molar-refractivity contribution in [2.75, 3.05) is 0 Å². The van der Waals surface area contributed by atoms with Gasteiger partial charge in [0.1, 0.15) is 5.01 Å². The van der Waals surface area contributed by atoms with E-state index in [2.05, 4.69) is 21.9 Å². The fourth-order valence-corrected chi connectivity index (χ4v) is 3.11. The Morgan fingerprint density at radius 1 is 1.46 bits per heavy atom. The van der Waals surface area contributed by atoms with Gasteiger partial charge < -0.3 is 16.0 Å². The second-order valence-electron chi connectivity index (χ2n) is 5.45. The van der Waals surface area contributed by atoms with Crippen LogP contribution < -0.4 is 11.1 Å². The molecule has 0 fully saturated rings. The van der Waals surface area contributed by atoms with Crippen molar-refractivity contribution >= 4 is 35.3 Å². The number of rotatable bonds is 8. The molecule has 0 radical (unpaired) electrons. The number of allylic oxidation sites excluding steroid dienone is 3. The van der Waals surface area contributed by atoms with Crippen LogP contribution in [-0.2, 0) is 9.59 Å². The second kappa shape index (κ2) is 8.77. The number of hydrogen-bond donors (Lipinski definition) is 3. The first kappa shape index (κ1) is 19.1. The van der Waals surface area contributed by atoms with E-state index in [1.807, 2.05) is 37.6 Å². The Morgan fingerprint density at radius 2 is 2.23 bits per heavy atom. The van der Waals surface area contributed by atoms with Crippen molar-refractivity contribution in [3.8, 4) is 11.3 Å². The summed E-state index contributed by atoms with van der Waals surface area (Å²) in [4.78, 5) is 29.7. The summed E-state index contributed by atoms with van der Waals surface area (Å²) >= 11 is 1.47. The predicted molar refractivity (Wildman–Crippen MR) is 106 cm³/mol. The molecule has 2 aromatic rings. The molecule has 26 heavy (non-hydrogen) atoms.